The second-order valence-electron chi connectivity index (χ2n) is 8.36. The van der Waals surface area contributed by atoms with Crippen LogP contribution >= 0.6 is 0 Å². The van der Waals surface area contributed by atoms with E-state index < -0.39 is 4.92 Å². The van der Waals surface area contributed by atoms with Crippen LogP contribution in [0.25, 0.3) is 0 Å². The number of nitrogens with one attached hydrogen (secondary N) is 1. The molecule has 1 N–H and O–H groups in total. The lowest BCUT2D eigenvalue weighted by molar-refractivity contribution is -0.385. The van der Waals surface area contributed by atoms with Crippen molar-refractivity contribution in [3.63, 3.8) is 0 Å². The van der Waals surface area contributed by atoms with Crippen molar-refractivity contribution in [3.8, 4) is 0 Å². The number of rotatable bonds is 4. The Morgan fingerprint density at radius 2 is 1.79 bits per heavy atom. The molecule has 4 bridgehead atoms. The molecule has 0 saturated heterocycles. The first-order chi connectivity index (χ1) is 11.4. The summed E-state index contributed by atoms with van der Waals surface area (Å²) in [6, 6.07) is 4.72. The molecule has 24 heavy (non-hydrogen) atoms. The summed E-state index contributed by atoms with van der Waals surface area (Å²) in [6.45, 7) is 2.41. The highest BCUT2D eigenvalue weighted by atomic mass is 16.6. The van der Waals surface area contributed by atoms with E-state index in [2.05, 4.69) is 5.32 Å². The average Bonchev–Trinajstić information content (AvgIpc) is 2.51. The van der Waals surface area contributed by atoms with Gasteiger partial charge in [0.05, 0.1) is 4.92 Å². The number of nitrogens with zero attached hydrogens (tertiary/aromatic N) is 1. The van der Waals surface area contributed by atoms with E-state index in [1.165, 1.54) is 44.6 Å². The number of nitro groups is 1. The highest BCUT2D eigenvalue weighted by molar-refractivity contribution is 5.95. The van der Waals surface area contributed by atoms with Crippen LogP contribution in [0.3, 0.4) is 0 Å². The van der Waals surface area contributed by atoms with Crippen molar-refractivity contribution in [2.75, 3.05) is 6.54 Å². The van der Waals surface area contributed by atoms with E-state index in [4.69, 9.17) is 0 Å². The van der Waals surface area contributed by atoms with Crippen LogP contribution in [0.4, 0.5) is 5.69 Å². The van der Waals surface area contributed by atoms with Crippen molar-refractivity contribution in [3.05, 3.63) is 39.4 Å². The van der Waals surface area contributed by atoms with Crippen LogP contribution in [0.1, 0.15) is 54.4 Å². The number of aryl methyl sites for hydroxylation is 1. The Hall–Kier alpha value is -1.91. The van der Waals surface area contributed by atoms with Gasteiger partial charge >= 0.3 is 0 Å². The molecule has 128 valence electrons. The zero-order chi connectivity index (χ0) is 16.9. The summed E-state index contributed by atoms with van der Waals surface area (Å²) < 4.78 is 0. The lowest BCUT2D eigenvalue weighted by Crippen LogP contribution is -2.51. The lowest BCUT2D eigenvalue weighted by Gasteiger charge is -2.56. The molecule has 0 atom stereocenters. The number of hydrogen-bond acceptors (Lipinski definition) is 3. The molecule has 1 aromatic rings. The van der Waals surface area contributed by atoms with Crippen LogP contribution in [0.2, 0.25) is 0 Å². The molecule has 1 aromatic carbocycles. The monoisotopic (exact) mass is 328 g/mol. The molecule has 0 radical (unpaired) electrons. The predicted octanol–water partition coefficient (Wildman–Crippen LogP) is 3.85. The Balaban J connectivity index is 1.46. The molecule has 4 saturated carbocycles. The topological polar surface area (TPSA) is 72.2 Å². The lowest BCUT2D eigenvalue weighted by atomic mass is 9.49. The number of amides is 1. The van der Waals surface area contributed by atoms with Gasteiger partial charge in [0.2, 0.25) is 0 Å². The molecule has 0 heterocycles. The van der Waals surface area contributed by atoms with Crippen molar-refractivity contribution in [2.45, 2.75) is 45.4 Å². The van der Waals surface area contributed by atoms with Crippen molar-refractivity contribution in [1.29, 1.82) is 0 Å². The Labute approximate surface area is 142 Å². The highest BCUT2D eigenvalue weighted by Crippen LogP contribution is 2.59. The smallest absolute Gasteiger partial charge is 0.273 e. The summed E-state index contributed by atoms with van der Waals surface area (Å²) in [5.74, 6) is 2.38. The van der Waals surface area contributed by atoms with Gasteiger partial charge in [0.1, 0.15) is 0 Å². The molecule has 4 aliphatic rings. The quantitative estimate of drug-likeness (QED) is 0.674. The second kappa shape index (κ2) is 5.57. The summed E-state index contributed by atoms with van der Waals surface area (Å²) in [6.07, 6.45) is 7.89. The molecule has 0 aromatic heterocycles. The fraction of sp³-hybridized carbons (Fsp3) is 0.632. The van der Waals surface area contributed by atoms with Gasteiger partial charge in [-0.2, -0.15) is 0 Å². The second-order valence-corrected chi connectivity index (χ2v) is 8.36. The van der Waals surface area contributed by atoms with Crippen LogP contribution < -0.4 is 5.32 Å². The van der Waals surface area contributed by atoms with Gasteiger partial charge in [0.15, 0.2) is 0 Å². The minimum Gasteiger partial charge on any atom is -0.351 e. The molecule has 0 unspecified atom stereocenters. The van der Waals surface area contributed by atoms with Gasteiger partial charge in [-0.3, -0.25) is 14.9 Å². The largest absolute Gasteiger partial charge is 0.351 e. The van der Waals surface area contributed by atoms with Gasteiger partial charge in [0, 0.05) is 23.7 Å². The fourth-order valence-corrected chi connectivity index (χ4v) is 5.82. The van der Waals surface area contributed by atoms with Crippen LogP contribution in [-0.2, 0) is 0 Å². The molecular formula is C19H24N2O3. The minimum atomic E-state index is -0.425. The Kier molecular flexibility index (Phi) is 3.62. The summed E-state index contributed by atoms with van der Waals surface area (Å²) in [4.78, 5) is 23.1. The molecule has 1 amide bonds. The summed E-state index contributed by atoms with van der Waals surface area (Å²) in [7, 11) is 0. The highest BCUT2D eigenvalue weighted by Gasteiger charge is 2.50. The molecular weight excluding hydrogens is 304 g/mol. The van der Waals surface area contributed by atoms with Crippen molar-refractivity contribution in [2.24, 2.45) is 23.2 Å². The summed E-state index contributed by atoms with van der Waals surface area (Å²) in [5, 5.41) is 14.1. The van der Waals surface area contributed by atoms with Crippen molar-refractivity contribution < 1.29 is 9.72 Å². The van der Waals surface area contributed by atoms with E-state index in [-0.39, 0.29) is 17.0 Å². The molecule has 5 heteroatoms. The molecule has 0 aliphatic heterocycles. The van der Waals surface area contributed by atoms with E-state index in [1.807, 2.05) is 0 Å². The standard InChI is InChI=1S/C19H24N2O3/c1-12-2-3-16(7-17(12)21(23)24)18(22)20-11-19-8-13-4-14(9-19)6-15(5-13)10-19/h2-3,7,13-15H,4-6,8-11H2,1H3,(H,20,22). The Morgan fingerprint density at radius 1 is 1.21 bits per heavy atom. The number of hydrogen-bond donors (Lipinski definition) is 1. The third-order valence-electron chi connectivity index (χ3n) is 6.46. The van der Waals surface area contributed by atoms with Crippen molar-refractivity contribution in [1.82, 2.24) is 5.32 Å². The van der Waals surface area contributed by atoms with Gasteiger partial charge in [-0.25, -0.2) is 0 Å². The third-order valence-corrected chi connectivity index (χ3v) is 6.46. The van der Waals surface area contributed by atoms with E-state index in [1.54, 1.807) is 19.1 Å². The van der Waals surface area contributed by atoms with Gasteiger partial charge in [-0.15, -0.1) is 0 Å². The molecule has 5 nitrogen and oxygen atoms in total. The molecule has 4 fully saturated rings. The zero-order valence-electron chi connectivity index (χ0n) is 14.1. The average molecular weight is 328 g/mol. The number of carbonyl (C=O) groups excluding carboxylic acids is 1. The van der Waals surface area contributed by atoms with E-state index in [0.717, 1.165) is 24.3 Å². The SMILES string of the molecule is Cc1ccc(C(=O)NCC23CC4CC(CC(C4)C2)C3)cc1[N+](=O)[O-]. The van der Waals surface area contributed by atoms with Crippen LogP contribution in [0.5, 0.6) is 0 Å². The zero-order valence-corrected chi connectivity index (χ0v) is 14.1. The van der Waals surface area contributed by atoms with E-state index >= 15 is 0 Å². The van der Waals surface area contributed by atoms with Crippen LogP contribution in [-0.4, -0.2) is 17.4 Å². The van der Waals surface area contributed by atoms with E-state index in [0.29, 0.717) is 11.1 Å². The maximum absolute atomic E-state index is 12.5. The van der Waals surface area contributed by atoms with Gasteiger partial charge in [0.25, 0.3) is 11.6 Å². The Bertz CT molecular complexity index is 663. The first-order valence-corrected chi connectivity index (χ1v) is 8.97. The van der Waals surface area contributed by atoms with Gasteiger partial charge < -0.3 is 5.32 Å². The van der Waals surface area contributed by atoms with E-state index in [9.17, 15) is 14.9 Å². The third kappa shape index (κ3) is 2.70. The van der Waals surface area contributed by atoms with Gasteiger partial charge in [-0.1, -0.05) is 6.07 Å². The first-order valence-electron chi connectivity index (χ1n) is 8.97. The van der Waals surface area contributed by atoms with Gasteiger partial charge in [-0.05, 0) is 74.7 Å². The Morgan fingerprint density at radius 3 is 2.33 bits per heavy atom. The number of nitro benzene ring substituents is 1. The van der Waals surface area contributed by atoms with Crippen molar-refractivity contribution >= 4 is 11.6 Å². The summed E-state index contributed by atoms with van der Waals surface area (Å²) >= 11 is 0. The van der Waals surface area contributed by atoms with Crippen LogP contribution in [0, 0.1) is 40.2 Å². The first kappa shape index (κ1) is 15.6. The maximum atomic E-state index is 12.5. The normalized spacial score (nSPS) is 33.5. The predicted molar refractivity (Wildman–Crippen MR) is 90.8 cm³/mol. The molecule has 0 spiro atoms. The minimum absolute atomic E-state index is 0.0115. The number of benzene rings is 1. The summed E-state index contributed by atoms with van der Waals surface area (Å²) in [5.41, 5.74) is 1.26. The molecule has 5 rings (SSSR count). The molecule has 4 aliphatic carbocycles. The van der Waals surface area contributed by atoms with Crippen LogP contribution in [0.15, 0.2) is 18.2 Å². The fourth-order valence-electron chi connectivity index (χ4n) is 5.82. The maximum Gasteiger partial charge on any atom is 0.273 e. The number of carbonyl (C=O) groups is 1.